The minimum absolute atomic E-state index is 0.508. The highest BCUT2D eigenvalue weighted by Gasteiger charge is 2.01. The van der Waals surface area contributed by atoms with Gasteiger partial charge in [-0.15, -0.1) is 0 Å². The third-order valence-corrected chi connectivity index (χ3v) is 2.28. The molecule has 0 radical (unpaired) electrons. The molecule has 0 fully saturated rings. The lowest BCUT2D eigenvalue weighted by atomic mass is 10.1. The summed E-state index contributed by atoms with van der Waals surface area (Å²) >= 11 is 5.88. The second kappa shape index (κ2) is 5.91. The van der Waals surface area contributed by atoms with Gasteiger partial charge in [0, 0.05) is 19.0 Å². The summed E-state index contributed by atoms with van der Waals surface area (Å²) in [6.45, 7) is 7.34. The monoisotopic (exact) mass is 227 g/mol. The molecule has 0 atom stereocenters. The zero-order valence-corrected chi connectivity index (χ0v) is 10.3. The van der Waals surface area contributed by atoms with Crippen LogP contribution in [-0.2, 0) is 6.42 Å². The van der Waals surface area contributed by atoms with Gasteiger partial charge in [-0.1, -0.05) is 32.4 Å². The molecule has 1 heterocycles. The first-order valence-electron chi connectivity index (χ1n) is 5.39. The van der Waals surface area contributed by atoms with Crippen molar-refractivity contribution in [3.8, 4) is 0 Å². The second-order valence-electron chi connectivity index (χ2n) is 3.95. The molecule has 0 bridgehead atoms. The Morgan fingerprint density at radius 1 is 1.40 bits per heavy atom. The van der Waals surface area contributed by atoms with Crippen molar-refractivity contribution in [2.24, 2.45) is 5.92 Å². The fraction of sp³-hybridized carbons (Fsp3) is 0.636. The highest BCUT2D eigenvalue weighted by molar-refractivity contribution is 6.29. The van der Waals surface area contributed by atoms with Gasteiger partial charge in [0.2, 0.25) is 0 Å². The smallest absolute Gasteiger partial charge is 0.134 e. The summed E-state index contributed by atoms with van der Waals surface area (Å²) < 4.78 is 0. The summed E-state index contributed by atoms with van der Waals surface area (Å²) in [7, 11) is 0. The van der Waals surface area contributed by atoms with Crippen LogP contribution in [0, 0.1) is 5.92 Å². The van der Waals surface area contributed by atoms with Crippen molar-refractivity contribution >= 4 is 17.4 Å². The molecule has 3 nitrogen and oxygen atoms in total. The summed E-state index contributed by atoms with van der Waals surface area (Å²) in [6.07, 6.45) is 1.93. The van der Waals surface area contributed by atoms with E-state index in [1.54, 1.807) is 6.07 Å². The molecule has 0 saturated heterocycles. The Morgan fingerprint density at radius 3 is 2.73 bits per heavy atom. The summed E-state index contributed by atoms with van der Waals surface area (Å²) in [5.41, 5.74) is 0. The van der Waals surface area contributed by atoms with E-state index in [2.05, 4.69) is 29.1 Å². The zero-order valence-electron chi connectivity index (χ0n) is 9.55. The van der Waals surface area contributed by atoms with E-state index in [4.69, 9.17) is 11.6 Å². The Hall–Kier alpha value is -0.830. The topological polar surface area (TPSA) is 37.8 Å². The van der Waals surface area contributed by atoms with Gasteiger partial charge in [0.25, 0.3) is 0 Å². The van der Waals surface area contributed by atoms with Crippen LogP contribution in [0.4, 0.5) is 5.82 Å². The number of hydrogen-bond donors (Lipinski definition) is 1. The number of anilines is 1. The van der Waals surface area contributed by atoms with Gasteiger partial charge in [0.1, 0.15) is 16.8 Å². The van der Waals surface area contributed by atoms with E-state index in [0.717, 1.165) is 31.0 Å². The molecule has 4 heteroatoms. The molecule has 1 aromatic rings. The maximum atomic E-state index is 5.88. The van der Waals surface area contributed by atoms with Gasteiger partial charge in [-0.2, -0.15) is 0 Å². The lowest BCUT2D eigenvalue weighted by molar-refractivity contribution is 0.606. The van der Waals surface area contributed by atoms with Gasteiger partial charge in [0.15, 0.2) is 0 Å². The van der Waals surface area contributed by atoms with Crippen LogP contribution >= 0.6 is 11.6 Å². The van der Waals surface area contributed by atoms with Crippen LogP contribution in [0.2, 0.25) is 5.15 Å². The molecule has 0 amide bonds. The van der Waals surface area contributed by atoms with Crippen molar-refractivity contribution in [2.45, 2.75) is 33.6 Å². The standard InChI is InChI=1S/C11H18ClN3/c1-4-10-14-9(12)7-11(15-10)13-6-5-8(2)3/h7-8H,4-6H2,1-3H3,(H,13,14,15). The summed E-state index contributed by atoms with van der Waals surface area (Å²) in [5, 5.41) is 3.76. The Labute approximate surface area is 96.3 Å². The normalized spacial score (nSPS) is 10.7. The predicted molar refractivity (Wildman–Crippen MR) is 64.4 cm³/mol. The molecule has 0 aliphatic heterocycles. The summed E-state index contributed by atoms with van der Waals surface area (Å²) in [6, 6.07) is 1.76. The molecule has 0 saturated carbocycles. The molecule has 84 valence electrons. The maximum absolute atomic E-state index is 5.88. The first kappa shape index (κ1) is 12.2. The number of aromatic nitrogens is 2. The van der Waals surface area contributed by atoms with Gasteiger partial charge in [-0.25, -0.2) is 9.97 Å². The SMILES string of the molecule is CCc1nc(Cl)cc(NCCC(C)C)n1. The van der Waals surface area contributed by atoms with Crippen LogP contribution in [-0.4, -0.2) is 16.5 Å². The van der Waals surface area contributed by atoms with E-state index in [0.29, 0.717) is 11.1 Å². The van der Waals surface area contributed by atoms with Crippen molar-refractivity contribution < 1.29 is 0 Å². The van der Waals surface area contributed by atoms with E-state index >= 15 is 0 Å². The number of nitrogens with one attached hydrogen (secondary N) is 1. The Morgan fingerprint density at radius 2 is 2.13 bits per heavy atom. The van der Waals surface area contributed by atoms with Crippen molar-refractivity contribution in [1.29, 1.82) is 0 Å². The second-order valence-corrected chi connectivity index (χ2v) is 4.34. The average Bonchev–Trinajstić information content (AvgIpc) is 2.16. The molecular formula is C11H18ClN3. The number of aryl methyl sites for hydroxylation is 1. The third-order valence-electron chi connectivity index (χ3n) is 2.09. The van der Waals surface area contributed by atoms with E-state index < -0.39 is 0 Å². The lowest BCUT2D eigenvalue weighted by Gasteiger charge is -2.08. The molecule has 0 spiro atoms. The zero-order chi connectivity index (χ0) is 11.3. The van der Waals surface area contributed by atoms with Crippen LogP contribution in [0.15, 0.2) is 6.07 Å². The fourth-order valence-corrected chi connectivity index (χ4v) is 1.40. The molecular weight excluding hydrogens is 210 g/mol. The Kier molecular flexibility index (Phi) is 4.82. The molecule has 0 unspecified atom stereocenters. The number of halogens is 1. The third kappa shape index (κ3) is 4.47. The molecule has 0 aromatic carbocycles. The molecule has 0 aliphatic carbocycles. The van der Waals surface area contributed by atoms with E-state index in [1.165, 1.54) is 0 Å². The molecule has 1 N–H and O–H groups in total. The molecule has 1 aromatic heterocycles. The molecule has 1 rings (SSSR count). The minimum Gasteiger partial charge on any atom is -0.370 e. The number of hydrogen-bond acceptors (Lipinski definition) is 3. The van der Waals surface area contributed by atoms with Crippen molar-refractivity contribution in [1.82, 2.24) is 9.97 Å². The summed E-state index contributed by atoms with van der Waals surface area (Å²) in [5.74, 6) is 2.31. The summed E-state index contributed by atoms with van der Waals surface area (Å²) in [4.78, 5) is 8.45. The van der Waals surface area contributed by atoms with Crippen molar-refractivity contribution in [2.75, 3.05) is 11.9 Å². The quantitative estimate of drug-likeness (QED) is 0.786. The van der Waals surface area contributed by atoms with Gasteiger partial charge >= 0.3 is 0 Å². The first-order chi connectivity index (χ1) is 7.11. The lowest BCUT2D eigenvalue weighted by Crippen LogP contribution is -2.07. The van der Waals surface area contributed by atoms with E-state index in [1.807, 2.05) is 6.92 Å². The van der Waals surface area contributed by atoms with Crippen LogP contribution in [0.3, 0.4) is 0 Å². The first-order valence-corrected chi connectivity index (χ1v) is 5.77. The van der Waals surface area contributed by atoms with Gasteiger partial charge in [0.05, 0.1) is 0 Å². The van der Waals surface area contributed by atoms with Gasteiger partial charge < -0.3 is 5.32 Å². The van der Waals surface area contributed by atoms with Crippen molar-refractivity contribution in [3.63, 3.8) is 0 Å². The Balaban J connectivity index is 2.56. The Bertz CT molecular complexity index is 313. The minimum atomic E-state index is 0.508. The maximum Gasteiger partial charge on any atom is 0.134 e. The van der Waals surface area contributed by atoms with Gasteiger partial charge in [-0.3, -0.25) is 0 Å². The van der Waals surface area contributed by atoms with E-state index in [-0.39, 0.29) is 0 Å². The van der Waals surface area contributed by atoms with Gasteiger partial charge in [-0.05, 0) is 12.3 Å². The fourth-order valence-electron chi connectivity index (χ4n) is 1.20. The molecule has 0 aliphatic rings. The largest absolute Gasteiger partial charge is 0.370 e. The van der Waals surface area contributed by atoms with Crippen LogP contribution in [0.5, 0.6) is 0 Å². The van der Waals surface area contributed by atoms with Crippen LogP contribution < -0.4 is 5.32 Å². The average molecular weight is 228 g/mol. The number of rotatable bonds is 5. The van der Waals surface area contributed by atoms with Crippen LogP contribution in [0.25, 0.3) is 0 Å². The van der Waals surface area contributed by atoms with Crippen molar-refractivity contribution in [3.05, 3.63) is 17.0 Å². The van der Waals surface area contributed by atoms with E-state index in [9.17, 15) is 0 Å². The highest BCUT2D eigenvalue weighted by atomic mass is 35.5. The highest BCUT2D eigenvalue weighted by Crippen LogP contribution is 2.12. The molecule has 15 heavy (non-hydrogen) atoms. The van der Waals surface area contributed by atoms with Crippen LogP contribution in [0.1, 0.15) is 33.0 Å². The number of nitrogens with zero attached hydrogens (tertiary/aromatic N) is 2. The predicted octanol–water partition coefficient (Wildman–Crippen LogP) is 3.15.